The van der Waals surface area contributed by atoms with Crippen LogP contribution in [0.5, 0.6) is 0 Å². The number of hydrogen-bond acceptors (Lipinski definition) is 5. The number of fused-ring (bicyclic) bond motifs is 1. The number of allylic oxidation sites excluding steroid dienone is 2. The number of likely N-dealkylation sites (tertiary alicyclic amines) is 1. The van der Waals surface area contributed by atoms with Gasteiger partial charge in [0, 0.05) is 63.4 Å². The van der Waals surface area contributed by atoms with E-state index < -0.39 is 0 Å². The van der Waals surface area contributed by atoms with E-state index in [0.717, 1.165) is 92.8 Å². The molecule has 0 saturated carbocycles. The van der Waals surface area contributed by atoms with Crippen LogP contribution in [0.1, 0.15) is 88.1 Å². The number of anilines is 1. The first-order chi connectivity index (χ1) is 17.9. The van der Waals surface area contributed by atoms with Crippen LogP contribution < -0.4 is 11.1 Å². The van der Waals surface area contributed by atoms with Gasteiger partial charge in [0.25, 0.3) is 5.91 Å². The van der Waals surface area contributed by atoms with Crippen molar-refractivity contribution in [1.82, 2.24) is 14.8 Å². The van der Waals surface area contributed by atoms with Gasteiger partial charge in [0.05, 0.1) is 0 Å². The van der Waals surface area contributed by atoms with Gasteiger partial charge >= 0.3 is 0 Å². The van der Waals surface area contributed by atoms with E-state index in [1.54, 1.807) is 13.0 Å². The number of rotatable bonds is 11. The van der Waals surface area contributed by atoms with Crippen molar-refractivity contribution < 1.29 is 9.59 Å². The molecule has 2 amide bonds. The third-order valence-electron chi connectivity index (χ3n) is 7.37. The minimum atomic E-state index is 0.0924. The van der Waals surface area contributed by atoms with Gasteiger partial charge in [-0.3, -0.25) is 9.59 Å². The molecule has 1 aromatic rings. The van der Waals surface area contributed by atoms with Crippen LogP contribution in [0.3, 0.4) is 0 Å². The molecule has 7 nitrogen and oxygen atoms in total. The average molecular weight is 510 g/mol. The van der Waals surface area contributed by atoms with E-state index in [0.29, 0.717) is 12.5 Å². The van der Waals surface area contributed by atoms with Crippen LogP contribution in [-0.4, -0.2) is 65.4 Å². The highest BCUT2D eigenvalue weighted by molar-refractivity contribution is 5.97. The Morgan fingerprint density at radius 3 is 2.43 bits per heavy atom. The molecule has 0 aliphatic carbocycles. The highest BCUT2D eigenvalue weighted by atomic mass is 16.2. The molecule has 0 spiro atoms. The number of nitrogens with zero attached hydrogens (tertiary/aromatic N) is 3. The number of carbonyl (C=O) groups excluding carboxylic acids is 2. The topological polar surface area (TPSA) is 91.6 Å². The number of amides is 2. The fourth-order valence-corrected chi connectivity index (χ4v) is 5.12. The van der Waals surface area contributed by atoms with E-state index in [-0.39, 0.29) is 17.9 Å². The van der Waals surface area contributed by atoms with Crippen LogP contribution in [0.15, 0.2) is 48.7 Å². The Hall–Kier alpha value is -2.93. The van der Waals surface area contributed by atoms with E-state index >= 15 is 0 Å². The van der Waals surface area contributed by atoms with Crippen LogP contribution in [0.25, 0.3) is 0 Å². The van der Waals surface area contributed by atoms with Gasteiger partial charge in [0.1, 0.15) is 5.82 Å². The minimum absolute atomic E-state index is 0.0924. The van der Waals surface area contributed by atoms with E-state index in [2.05, 4.69) is 30.4 Å². The Balaban J connectivity index is 0.00000235. The lowest BCUT2D eigenvalue weighted by molar-refractivity contribution is -0.129. The lowest BCUT2D eigenvalue weighted by atomic mass is 9.88. The van der Waals surface area contributed by atoms with Crippen molar-refractivity contribution >= 4 is 17.6 Å². The lowest BCUT2D eigenvalue weighted by Crippen LogP contribution is -2.42. The summed E-state index contributed by atoms with van der Waals surface area (Å²) in [5.41, 5.74) is 9.81. The van der Waals surface area contributed by atoms with Crippen molar-refractivity contribution in [2.75, 3.05) is 38.0 Å². The van der Waals surface area contributed by atoms with Gasteiger partial charge in [-0.15, -0.1) is 0 Å². The number of nitrogens with two attached hydrogens (primary N) is 1. The second-order valence-corrected chi connectivity index (χ2v) is 9.56. The largest absolute Gasteiger partial charge is 0.367 e. The van der Waals surface area contributed by atoms with Crippen molar-refractivity contribution in [2.24, 2.45) is 5.73 Å². The normalized spacial score (nSPS) is 18.3. The van der Waals surface area contributed by atoms with Gasteiger partial charge < -0.3 is 20.9 Å². The zero-order chi connectivity index (χ0) is 27.4. The molecule has 0 radical (unpaired) electrons. The molecule has 1 saturated heterocycles. The number of hydrogen-bond donors (Lipinski definition) is 2. The smallest absolute Gasteiger partial charge is 0.254 e. The number of piperidine rings is 1. The van der Waals surface area contributed by atoms with Gasteiger partial charge in [-0.1, -0.05) is 46.1 Å². The standard InChI is InChI=1S/C28H41N5O2.C2H6/c1-5-21(22(6-2)17-29)10-8-9-13-33-19-23(7-3)26-18-30-27(16-25(26)28(33)35)31-24-11-14-32(15-12-24)20(4)34;1-2/h5-6,16,18,23-24H,1-2,7-15,17,19,29H2,3-4H3,(H,30,31);1-2H3/b22-21-;. The Bertz CT molecular complexity index is 963. The molecule has 2 aliphatic rings. The van der Waals surface area contributed by atoms with Gasteiger partial charge in [0.15, 0.2) is 0 Å². The van der Waals surface area contributed by atoms with E-state index in [9.17, 15) is 9.59 Å². The molecule has 3 N–H and O–H groups in total. The number of aromatic nitrogens is 1. The molecular formula is C30H47N5O2. The van der Waals surface area contributed by atoms with Crippen molar-refractivity contribution in [3.05, 3.63) is 59.8 Å². The van der Waals surface area contributed by atoms with Gasteiger partial charge in [0.2, 0.25) is 5.91 Å². The molecule has 1 aromatic heterocycles. The fraction of sp³-hybridized carbons (Fsp3) is 0.567. The SMILES string of the molecule is C=C/C(CN)=C(\C=C)CCCCN1CC(CC)c2cnc(NC3CCN(C(C)=O)CC3)cc2C1=O.CC. The first-order valence-electron chi connectivity index (χ1n) is 13.9. The van der Waals surface area contributed by atoms with Crippen molar-refractivity contribution in [1.29, 1.82) is 0 Å². The first-order valence-corrected chi connectivity index (χ1v) is 13.9. The van der Waals surface area contributed by atoms with Crippen LogP contribution in [0.2, 0.25) is 0 Å². The Morgan fingerprint density at radius 2 is 1.86 bits per heavy atom. The molecule has 0 aromatic carbocycles. The molecule has 204 valence electrons. The summed E-state index contributed by atoms with van der Waals surface area (Å²) in [4.78, 5) is 33.5. The van der Waals surface area contributed by atoms with Crippen LogP contribution in [0, 0.1) is 0 Å². The highest BCUT2D eigenvalue weighted by Crippen LogP contribution is 2.32. The first kappa shape index (κ1) is 30.3. The molecule has 3 heterocycles. The predicted molar refractivity (Wildman–Crippen MR) is 154 cm³/mol. The van der Waals surface area contributed by atoms with Crippen LogP contribution >= 0.6 is 0 Å². The summed E-state index contributed by atoms with van der Waals surface area (Å²) in [6, 6.07) is 2.19. The number of unbranched alkanes of at least 4 members (excludes halogenated alkanes) is 1. The monoisotopic (exact) mass is 509 g/mol. The maximum atomic E-state index is 13.4. The Labute approximate surface area is 223 Å². The van der Waals surface area contributed by atoms with Gasteiger partial charge in [-0.05, 0) is 61.3 Å². The minimum Gasteiger partial charge on any atom is -0.367 e. The second-order valence-electron chi connectivity index (χ2n) is 9.56. The summed E-state index contributed by atoms with van der Waals surface area (Å²) >= 11 is 0. The maximum Gasteiger partial charge on any atom is 0.254 e. The maximum absolute atomic E-state index is 13.4. The summed E-state index contributed by atoms with van der Waals surface area (Å²) in [7, 11) is 0. The van der Waals surface area contributed by atoms with Crippen molar-refractivity contribution in [2.45, 2.75) is 78.2 Å². The fourth-order valence-electron chi connectivity index (χ4n) is 5.12. The quantitative estimate of drug-likeness (QED) is 0.313. The molecule has 1 unspecified atom stereocenters. The number of carbonyl (C=O) groups is 2. The molecule has 3 rings (SSSR count). The number of nitrogens with one attached hydrogen (secondary N) is 1. The summed E-state index contributed by atoms with van der Waals surface area (Å²) < 4.78 is 0. The van der Waals surface area contributed by atoms with Gasteiger partial charge in [-0.25, -0.2) is 4.98 Å². The summed E-state index contributed by atoms with van der Waals surface area (Å²) in [6.07, 6.45) is 11.1. The summed E-state index contributed by atoms with van der Waals surface area (Å²) in [5, 5.41) is 3.50. The Morgan fingerprint density at radius 1 is 1.19 bits per heavy atom. The lowest BCUT2D eigenvalue weighted by Gasteiger charge is -2.35. The number of pyridine rings is 1. The summed E-state index contributed by atoms with van der Waals surface area (Å²) in [5.74, 6) is 1.27. The van der Waals surface area contributed by atoms with Crippen LogP contribution in [0.4, 0.5) is 5.82 Å². The highest BCUT2D eigenvalue weighted by Gasteiger charge is 2.31. The van der Waals surface area contributed by atoms with E-state index in [4.69, 9.17) is 5.73 Å². The predicted octanol–water partition coefficient (Wildman–Crippen LogP) is 5.28. The summed E-state index contributed by atoms with van der Waals surface area (Å²) in [6.45, 7) is 19.0. The van der Waals surface area contributed by atoms with E-state index in [1.807, 2.05) is 42.0 Å². The van der Waals surface area contributed by atoms with Crippen molar-refractivity contribution in [3.63, 3.8) is 0 Å². The molecule has 0 bridgehead atoms. The molecule has 2 aliphatic heterocycles. The zero-order valence-electron chi connectivity index (χ0n) is 23.4. The molecule has 7 heteroatoms. The third kappa shape index (κ3) is 8.03. The molecule has 1 atom stereocenters. The van der Waals surface area contributed by atoms with Crippen LogP contribution in [-0.2, 0) is 4.79 Å². The van der Waals surface area contributed by atoms with Gasteiger partial charge in [-0.2, -0.15) is 0 Å². The molecule has 1 fully saturated rings. The zero-order valence-corrected chi connectivity index (χ0v) is 23.4. The third-order valence-corrected chi connectivity index (χ3v) is 7.37. The van der Waals surface area contributed by atoms with Crippen molar-refractivity contribution in [3.8, 4) is 0 Å². The Kier molecular flexibility index (Phi) is 12.6. The second kappa shape index (κ2) is 15.4. The molecular weight excluding hydrogens is 462 g/mol. The van der Waals surface area contributed by atoms with E-state index in [1.165, 1.54) is 0 Å². The molecule has 37 heavy (non-hydrogen) atoms. The average Bonchev–Trinajstić information content (AvgIpc) is 2.93.